The van der Waals surface area contributed by atoms with Crippen LogP contribution in [0.25, 0.3) is 0 Å². The SMILES string of the molecule is COc1cc(N)ccc1S(=O)CCCS(C)(=O)=O. The van der Waals surface area contributed by atoms with E-state index in [4.69, 9.17) is 10.5 Å². The molecule has 1 rings (SSSR count). The zero-order valence-electron chi connectivity index (χ0n) is 10.4. The molecule has 0 bridgehead atoms. The van der Waals surface area contributed by atoms with Crippen LogP contribution in [0, 0.1) is 0 Å². The van der Waals surface area contributed by atoms with Gasteiger partial charge in [-0.1, -0.05) is 0 Å². The standard InChI is InChI=1S/C11H17NO4S2/c1-16-10-8-9(12)4-5-11(10)17(13)6-3-7-18(2,14)15/h4-5,8H,3,6-7,12H2,1-2H3. The Kier molecular flexibility index (Phi) is 5.15. The minimum absolute atomic E-state index is 0.0377. The molecular weight excluding hydrogens is 274 g/mol. The van der Waals surface area contributed by atoms with Gasteiger partial charge in [-0.25, -0.2) is 8.42 Å². The number of nitrogen functional groups attached to an aromatic ring is 1. The Bertz CT molecular complexity index is 540. The molecule has 0 aliphatic carbocycles. The molecule has 1 atom stereocenters. The summed E-state index contributed by atoms with van der Waals surface area (Å²) in [7, 11) is -2.81. The third-order valence-corrected chi connectivity index (χ3v) is 4.80. The molecular formula is C11H17NO4S2. The maximum absolute atomic E-state index is 12.0. The van der Waals surface area contributed by atoms with Crippen LogP contribution in [0.2, 0.25) is 0 Å². The summed E-state index contributed by atoms with van der Waals surface area (Å²) in [5, 5.41) is 0. The maximum atomic E-state index is 12.0. The third kappa shape index (κ3) is 4.66. The summed E-state index contributed by atoms with van der Waals surface area (Å²) in [6, 6.07) is 4.89. The molecule has 7 heteroatoms. The van der Waals surface area contributed by atoms with Crippen LogP contribution in [0.15, 0.2) is 23.1 Å². The van der Waals surface area contributed by atoms with E-state index in [0.29, 0.717) is 22.8 Å². The number of sulfone groups is 1. The second-order valence-electron chi connectivity index (χ2n) is 3.94. The predicted molar refractivity (Wildman–Crippen MR) is 73.0 cm³/mol. The Labute approximate surface area is 110 Å². The molecule has 0 fully saturated rings. The van der Waals surface area contributed by atoms with Gasteiger partial charge in [0.1, 0.15) is 15.6 Å². The first-order valence-electron chi connectivity index (χ1n) is 5.33. The zero-order valence-corrected chi connectivity index (χ0v) is 12.0. The van der Waals surface area contributed by atoms with Gasteiger partial charge in [0.25, 0.3) is 0 Å². The molecule has 0 spiro atoms. The van der Waals surface area contributed by atoms with Gasteiger partial charge in [-0.15, -0.1) is 0 Å². The summed E-state index contributed by atoms with van der Waals surface area (Å²) in [5.74, 6) is 0.788. The highest BCUT2D eigenvalue weighted by atomic mass is 32.2. The van der Waals surface area contributed by atoms with Gasteiger partial charge in [-0.2, -0.15) is 0 Å². The van der Waals surface area contributed by atoms with E-state index in [1.165, 1.54) is 13.4 Å². The predicted octanol–water partition coefficient (Wildman–Crippen LogP) is 0.820. The Morgan fingerprint density at radius 1 is 1.39 bits per heavy atom. The summed E-state index contributed by atoms with van der Waals surface area (Å²) >= 11 is 0. The molecule has 0 amide bonds. The molecule has 1 unspecified atom stereocenters. The molecule has 1 aromatic rings. The van der Waals surface area contributed by atoms with E-state index in [-0.39, 0.29) is 11.5 Å². The fraction of sp³-hybridized carbons (Fsp3) is 0.455. The van der Waals surface area contributed by atoms with Gasteiger partial charge in [0.15, 0.2) is 0 Å². The van der Waals surface area contributed by atoms with E-state index >= 15 is 0 Å². The van der Waals surface area contributed by atoms with Crippen molar-refractivity contribution < 1.29 is 17.4 Å². The van der Waals surface area contributed by atoms with Crippen LogP contribution in [0.5, 0.6) is 5.75 Å². The molecule has 102 valence electrons. The van der Waals surface area contributed by atoms with Gasteiger partial charge >= 0.3 is 0 Å². The van der Waals surface area contributed by atoms with E-state index in [1.54, 1.807) is 18.2 Å². The van der Waals surface area contributed by atoms with Crippen LogP contribution in [0.1, 0.15) is 6.42 Å². The number of nitrogens with two attached hydrogens (primary N) is 1. The van der Waals surface area contributed by atoms with Crippen LogP contribution in [0.3, 0.4) is 0 Å². The van der Waals surface area contributed by atoms with Crippen molar-refractivity contribution in [1.82, 2.24) is 0 Å². The Hall–Kier alpha value is -1.08. The summed E-state index contributed by atoms with van der Waals surface area (Å²) in [6.45, 7) is 0. The Balaban J connectivity index is 2.73. The van der Waals surface area contributed by atoms with Crippen molar-refractivity contribution in [3.63, 3.8) is 0 Å². The quantitative estimate of drug-likeness (QED) is 0.784. The number of methoxy groups -OCH3 is 1. The molecule has 1 aromatic carbocycles. The van der Waals surface area contributed by atoms with Crippen molar-refractivity contribution in [2.24, 2.45) is 0 Å². The molecule has 0 saturated heterocycles. The fourth-order valence-corrected chi connectivity index (χ4v) is 3.50. The number of anilines is 1. The smallest absolute Gasteiger partial charge is 0.147 e. The van der Waals surface area contributed by atoms with Crippen molar-refractivity contribution in [2.45, 2.75) is 11.3 Å². The third-order valence-electron chi connectivity index (χ3n) is 2.28. The van der Waals surface area contributed by atoms with E-state index in [2.05, 4.69) is 0 Å². The first-order chi connectivity index (χ1) is 8.33. The molecule has 0 aliphatic heterocycles. The molecule has 2 N–H and O–H groups in total. The van der Waals surface area contributed by atoms with E-state index in [9.17, 15) is 12.6 Å². The molecule has 0 aromatic heterocycles. The van der Waals surface area contributed by atoms with E-state index < -0.39 is 20.6 Å². The number of ether oxygens (including phenoxy) is 1. The normalized spacial score (nSPS) is 13.2. The highest BCUT2D eigenvalue weighted by Crippen LogP contribution is 2.25. The van der Waals surface area contributed by atoms with Crippen LogP contribution >= 0.6 is 0 Å². The van der Waals surface area contributed by atoms with Crippen LogP contribution in [-0.2, 0) is 20.6 Å². The Morgan fingerprint density at radius 2 is 2.06 bits per heavy atom. The molecule has 0 saturated carbocycles. The topological polar surface area (TPSA) is 86.5 Å². The van der Waals surface area contributed by atoms with Crippen molar-refractivity contribution in [3.8, 4) is 5.75 Å². The van der Waals surface area contributed by atoms with Crippen molar-refractivity contribution in [1.29, 1.82) is 0 Å². The fourth-order valence-electron chi connectivity index (χ4n) is 1.43. The maximum Gasteiger partial charge on any atom is 0.147 e. The van der Waals surface area contributed by atoms with Crippen molar-refractivity contribution >= 4 is 26.3 Å². The summed E-state index contributed by atoms with van der Waals surface area (Å²) in [6.07, 6.45) is 1.53. The second-order valence-corrected chi connectivity index (χ2v) is 7.74. The molecule has 0 aliphatic rings. The average molecular weight is 291 g/mol. The molecule has 0 heterocycles. The second kappa shape index (κ2) is 6.19. The molecule has 18 heavy (non-hydrogen) atoms. The zero-order chi connectivity index (χ0) is 13.8. The first kappa shape index (κ1) is 15.0. The monoisotopic (exact) mass is 291 g/mol. The van der Waals surface area contributed by atoms with Gasteiger partial charge in [0.2, 0.25) is 0 Å². The summed E-state index contributed by atoms with van der Waals surface area (Å²) in [5.41, 5.74) is 6.13. The van der Waals surface area contributed by atoms with Crippen LogP contribution in [-0.4, -0.2) is 37.5 Å². The van der Waals surface area contributed by atoms with Crippen molar-refractivity contribution in [3.05, 3.63) is 18.2 Å². The highest BCUT2D eigenvalue weighted by molar-refractivity contribution is 7.90. The lowest BCUT2D eigenvalue weighted by molar-refractivity contribution is 0.404. The minimum atomic E-state index is -3.01. The largest absolute Gasteiger partial charge is 0.495 e. The number of hydrogen-bond acceptors (Lipinski definition) is 5. The lowest BCUT2D eigenvalue weighted by Gasteiger charge is -2.08. The lowest BCUT2D eigenvalue weighted by atomic mass is 10.3. The van der Waals surface area contributed by atoms with Gasteiger partial charge in [0.05, 0.1) is 28.6 Å². The highest BCUT2D eigenvalue weighted by Gasteiger charge is 2.12. The first-order valence-corrected chi connectivity index (χ1v) is 8.71. The number of rotatable bonds is 6. The van der Waals surface area contributed by atoms with E-state index in [0.717, 1.165) is 0 Å². The van der Waals surface area contributed by atoms with Gasteiger partial charge in [-0.3, -0.25) is 4.21 Å². The Morgan fingerprint density at radius 3 is 2.61 bits per heavy atom. The van der Waals surface area contributed by atoms with Gasteiger partial charge in [-0.05, 0) is 18.6 Å². The molecule has 5 nitrogen and oxygen atoms in total. The lowest BCUT2D eigenvalue weighted by Crippen LogP contribution is -2.08. The summed E-state index contributed by atoms with van der Waals surface area (Å²) in [4.78, 5) is 0.542. The van der Waals surface area contributed by atoms with Crippen LogP contribution < -0.4 is 10.5 Å². The van der Waals surface area contributed by atoms with E-state index in [1.807, 2.05) is 0 Å². The number of benzene rings is 1. The van der Waals surface area contributed by atoms with Crippen molar-refractivity contribution in [2.75, 3.05) is 30.6 Å². The minimum Gasteiger partial charge on any atom is -0.495 e. The number of hydrogen-bond donors (Lipinski definition) is 1. The van der Waals surface area contributed by atoms with Crippen LogP contribution in [0.4, 0.5) is 5.69 Å². The van der Waals surface area contributed by atoms with Gasteiger partial charge in [0, 0.05) is 23.8 Å². The molecule has 0 radical (unpaired) electrons. The summed E-state index contributed by atoms with van der Waals surface area (Å²) < 4.78 is 39.1. The average Bonchev–Trinajstić information content (AvgIpc) is 2.26. The van der Waals surface area contributed by atoms with Gasteiger partial charge < -0.3 is 10.5 Å².